The molecule has 1 fully saturated rings. The molecule has 2 rings (SSSR count). The van der Waals surface area contributed by atoms with E-state index in [9.17, 15) is 9.90 Å². The molecule has 1 aliphatic rings. The Balaban J connectivity index is 2.22. The van der Waals surface area contributed by atoms with Crippen molar-refractivity contribution in [2.24, 2.45) is 0 Å². The quantitative estimate of drug-likeness (QED) is 0.840. The molecule has 1 N–H and O–H groups in total. The molecule has 2 unspecified atom stereocenters. The Labute approximate surface area is 123 Å². The van der Waals surface area contributed by atoms with Crippen molar-refractivity contribution < 1.29 is 14.6 Å². The highest BCUT2D eigenvalue weighted by Gasteiger charge is 2.37. The molecule has 0 amide bonds. The van der Waals surface area contributed by atoms with Crippen molar-refractivity contribution in [3.63, 3.8) is 0 Å². The molecule has 0 aromatic carbocycles. The standard InChI is InChI=1S/C13H20ClN3O3/c1-4-17-11(12(14)8(2)15-17)7-16-6-9(18)5-10(16)13(19)20-3/h9-10,18H,4-7H2,1-3H3. The lowest BCUT2D eigenvalue weighted by atomic mass is 10.2. The number of rotatable bonds is 4. The summed E-state index contributed by atoms with van der Waals surface area (Å²) in [5.41, 5.74) is 1.65. The monoisotopic (exact) mass is 301 g/mol. The zero-order chi connectivity index (χ0) is 14.9. The van der Waals surface area contributed by atoms with Crippen LogP contribution in [0.15, 0.2) is 0 Å². The first-order chi connectivity index (χ1) is 9.47. The SMILES string of the molecule is CCn1nc(C)c(Cl)c1CN1CC(O)CC1C(=O)OC. The number of aromatic nitrogens is 2. The van der Waals surface area contributed by atoms with E-state index in [-0.39, 0.29) is 5.97 Å². The zero-order valence-corrected chi connectivity index (χ0v) is 12.7. The van der Waals surface area contributed by atoms with E-state index >= 15 is 0 Å². The second-order valence-corrected chi connectivity index (χ2v) is 5.40. The highest BCUT2D eigenvalue weighted by atomic mass is 35.5. The lowest BCUT2D eigenvalue weighted by Crippen LogP contribution is -2.37. The van der Waals surface area contributed by atoms with Crippen molar-refractivity contribution >= 4 is 17.6 Å². The van der Waals surface area contributed by atoms with Crippen LogP contribution in [-0.4, -0.2) is 51.6 Å². The molecule has 1 saturated heterocycles. The Morgan fingerprint density at radius 2 is 2.30 bits per heavy atom. The molecule has 0 spiro atoms. The van der Waals surface area contributed by atoms with E-state index in [1.54, 1.807) is 0 Å². The summed E-state index contributed by atoms with van der Waals surface area (Å²) in [4.78, 5) is 13.7. The molecule has 2 heterocycles. The van der Waals surface area contributed by atoms with E-state index < -0.39 is 12.1 Å². The van der Waals surface area contributed by atoms with Crippen LogP contribution < -0.4 is 0 Å². The normalized spacial score (nSPS) is 23.2. The lowest BCUT2D eigenvalue weighted by molar-refractivity contribution is -0.146. The number of hydrogen-bond acceptors (Lipinski definition) is 5. The Morgan fingerprint density at radius 1 is 1.60 bits per heavy atom. The fourth-order valence-corrected chi connectivity index (χ4v) is 2.84. The van der Waals surface area contributed by atoms with E-state index in [2.05, 4.69) is 5.10 Å². The third kappa shape index (κ3) is 2.82. The number of ether oxygens (including phenoxy) is 1. The van der Waals surface area contributed by atoms with Gasteiger partial charge in [0.25, 0.3) is 0 Å². The third-order valence-corrected chi connectivity index (χ3v) is 4.15. The maximum Gasteiger partial charge on any atom is 0.323 e. The topological polar surface area (TPSA) is 67.6 Å². The largest absolute Gasteiger partial charge is 0.468 e. The molecule has 1 aromatic heterocycles. The molecule has 6 nitrogen and oxygen atoms in total. The summed E-state index contributed by atoms with van der Waals surface area (Å²) in [5.74, 6) is -0.322. The van der Waals surface area contributed by atoms with E-state index in [1.165, 1.54) is 7.11 Å². The maximum atomic E-state index is 11.8. The number of aliphatic hydroxyl groups excluding tert-OH is 1. The van der Waals surface area contributed by atoms with Crippen molar-refractivity contribution in [3.8, 4) is 0 Å². The number of hydrogen-bond donors (Lipinski definition) is 1. The number of carbonyl (C=O) groups is 1. The molecule has 1 aliphatic heterocycles. The number of nitrogens with zero attached hydrogens (tertiary/aromatic N) is 3. The van der Waals surface area contributed by atoms with Gasteiger partial charge in [-0.15, -0.1) is 0 Å². The van der Waals surface area contributed by atoms with E-state index in [0.29, 0.717) is 31.1 Å². The van der Waals surface area contributed by atoms with Gasteiger partial charge in [-0.05, 0) is 13.8 Å². The van der Waals surface area contributed by atoms with E-state index in [4.69, 9.17) is 16.3 Å². The molecule has 0 radical (unpaired) electrons. The Morgan fingerprint density at radius 3 is 2.90 bits per heavy atom. The van der Waals surface area contributed by atoms with Gasteiger partial charge in [0.15, 0.2) is 0 Å². The van der Waals surface area contributed by atoms with Crippen molar-refractivity contribution in [2.45, 2.75) is 45.5 Å². The van der Waals surface area contributed by atoms with Crippen molar-refractivity contribution in [2.75, 3.05) is 13.7 Å². The molecule has 2 atom stereocenters. The molecular weight excluding hydrogens is 282 g/mol. The van der Waals surface area contributed by atoms with Gasteiger partial charge in [-0.1, -0.05) is 11.6 Å². The number of aliphatic hydroxyl groups is 1. The van der Waals surface area contributed by atoms with Crippen LogP contribution in [0.1, 0.15) is 24.7 Å². The maximum absolute atomic E-state index is 11.8. The summed E-state index contributed by atoms with van der Waals surface area (Å²) in [6, 6.07) is -0.424. The molecule has 20 heavy (non-hydrogen) atoms. The van der Waals surface area contributed by atoms with Crippen LogP contribution in [0.2, 0.25) is 5.02 Å². The molecule has 112 valence electrons. The summed E-state index contributed by atoms with van der Waals surface area (Å²) in [5, 5.41) is 14.8. The minimum atomic E-state index is -0.517. The Hall–Kier alpha value is -1.11. The zero-order valence-electron chi connectivity index (χ0n) is 12.0. The number of β-amino-alcohol motifs (C(OH)–C–C–N with tert-alkyl or cyclic N) is 1. The minimum Gasteiger partial charge on any atom is -0.468 e. The van der Waals surface area contributed by atoms with Crippen LogP contribution in [0.25, 0.3) is 0 Å². The van der Waals surface area contributed by atoms with Crippen molar-refractivity contribution in [1.29, 1.82) is 0 Å². The molecule has 0 bridgehead atoms. The van der Waals surface area contributed by atoms with Crippen LogP contribution in [0.3, 0.4) is 0 Å². The summed E-state index contributed by atoms with van der Waals surface area (Å²) < 4.78 is 6.63. The summed E-state index contributed by atoms with van der Waals surface area (Å²) >= 11 is 6.28. The average Bonchev–Trinajstić information content (AvgIpc) is 2.92. The fourth-order valence-electron chi connectivity index (χ4n) is 2.65. The number of carbonyl (C=O) groups excluding carboxylic acids is 1. The van der Waals surface area contributed by atoms with Crippen LogP contribution in [0, 0.1) is 6.92 Å². The predicted octanol–water partition coefficient (Wildman–Crippen LogP) is 0.973. The van der Waals surface area contributed by atoms with Crippen molar-refractivity contribution in [1.82, 2.24) is 14.7 Å². The molecule has 0 saturated carbocycles. The Kier molecular flexibility index (Phi) is 4.67. The van der Waals surface area contributed by atoms with Crippen LogP contribution >= 0.6 is 11.6 Å². The summed E-state index contributed by atoms with van der Waals surface area (Å²) in [7, 11) is 1.36. The van der Waals surface area contributed by atoms with Gasteiger partial charge in [0.05, 0.1) is 29.6 Å². The molecule has 1 aromatic rings. The minimum absolute atomic E-state index is 0.322. The van der Waals surface area contributed by atoms with Gasteiger partial charge in [0, 0.05) is 26.1 Å². The second-order valence-electron chi connectivity index (χ2n) is 5.02. The molecular formula is C13H20ClN3O3. The van der Waals surface area contributed by atoms with Gasteiger partial charge >= 0.3 is 5.97 Å². The number of esters is 1. The number of halogens is 1. The first kappa shape index (κ1) is 15.3. The predicted molar refractivity (Wildman–Crippen MR) is 74.5 cm³/mol. The first-order valence-corrected chi connectivity index (χ1v) is 7.07. The smallest absolute Gasteiger partial charge is 0.323 e. The van der Waals surface area contributed by atoms with Gasteiger partial charge in [0.2, 0.25) is 0 Å². The van der Waals surface area contributed by atoms with Gasteiger partial charge in [-0.2, -0.15) is 5.10 Å². The van der Waals surface area contributed by atoms with Crippen molar-refractivity contribution in [3.05, 3.63) is 16.4 Å². The van der Waals surface area contributed by atoms with E-state index in [1.807, 2.05) is 23.4 Å². The van der Waals surface area contributed by atoms with Crippen LogP contribution in [0.5, 0.6) is 0 Å². The van der Waals surface area contributed by atoms with Gasteiger partial charge < -0.3 is 9.84 Å². The first-order valence-electron chi connectivity index (χ1n) is 6.69. The number of likely N-dealkylation sites (tertiary alicyclic amines) is 1. The highest BCUT2D eigenvalue weighted by Crippen LogP contribution is 2.26. The molecule has 0 aliphatic carbocycles. The van der Waals surface area contributed by atoms with Gasteiger partial charge in [0.1, 0.15) is 6.04 Å². The lowest BCUT2D eigenvalue weighted by Gasteiger charge is -2.22. The number of aryl methyl sites for hydroxylation is 2. The van der Waals surface area contributed by atoms with Gasteiger partial charge in [-0.25, -0.2) is 0 Å². The van der Waals surface area contributed by atoms with Gasteiger partial charge in [-0.3, -0.25) is 14.4 Å². The van der Waals surface area contributed by atoms with E-state index in [0.717, 1.165) is 11.4 Å². The third-order valence-electron chi connectivity index (χ3n) is 3.66. The molecule has 7 heteroatoms. The summed E-state index contributed by atoms with van der Waals surface area (Å²) in [6.45, 7) is 5.47. The summed E-state index contributed by atoms with van der Waals surface area (Å²) in [6.07, 6.45) is -0.124. The second kappa shape index (κ2) is 6.11. The Bertz CT molecular complexity index is 503. The fraction of sp³-hybridized carbons (Fsp3) is 0.692. The average molecular weight is 302 g/mol. The van der Waals surface area contributed by atoms with Crippen LogP contribution in [0.4, 0.5) is 0 Å². The number of methoxy groups -OCH3 is 1. The van der Waals surface area contributed by atoms with Crippen LogP contribution in [-0.2, 0) is 22.6 Å². The highest BCUT2D eigenvalue weighted by molar-refractivity contribution is 6.31.